The van der Waals surface area contributed by atoms with Gasteiger partial charge in [0.15, 0.2) is 0 Å². The quantitative estimate of drug-likeness (QED) is 0.226. The Labute approximate surface area is 143 Å². The fourth-order valence-electron chi connectivity index (χ4n) is 2.23. The van der Waals surface area contributed by atoms with E-state index in [2.05, 4.69) is 49.5 Å². The molecule has 0 aromatic carbocycles. The summed E-state index contributed by atoms with van der Waals surface area (Å²) in [6.45, 7) is 13.0. The number of hydrogen-bond donors (Lipinski definition) is 1. The molecule has 0 saturated carbocycles. The first-order chi connectivity index (χ1) is 11.0. The fourth-order valence-corrected chi connectivity index (χ4v) is 2.23. The summed E-state index contributed by atoms with van der Waals surface area (Å²) in [6.07, 6.45) is 15.4. The zero-order chi connectivity index (χ0) is 17.5. The van der Waals surface area contributed by atoms with Crippen molar-refractivity contribution in [3.63, 3.8) is 0 Å². The van der Waals surface area contributed by atoms with E-state index in [1.54, 1.807) is 0 Å². The van der Waals surface area contributed by atoms with Gasteiger partial charge in [-0.05, 0) is 51.2 Å². The summed E-state index contributed by atoms with van der Waals surface area (Å²) in [7, 11) is 0. The van der Waals surface area contributed by atoms with Crippen LogP contribution in [0, 0.1) is 11.8 Å². The lowest BCUT2D eigenvalue weighted by Gasteiger charge is -2.06. The summed E-state index contributed by atoms with van der Waals surface area (Å²) >= 11 is 0. The molecule has 0 rings (SSSR count). The first kappa shape index (κ1) is 21.4. The molecule has 2 N–H and O–H groups in total. The third-order valence-corrected chi connectivity index (χ3v) is 3.70. The number of hydrogen-bond acceptors (Lipinski definition) is 2. The zero-order valence-corrected chi connectivity index (χ0v) is 15.5. The van der Waals surface area contributed by atoms with Crippen molar-refractivity contribution in [1.29, 1.82) is 0 Å². The van der Waals surface area contributed by atoms with Gasteiger partial charge in [-0.1, -0.05) is 44.1 Å². The number of nitrogens with two attached hydrogens (primary N) is 1. The van der Waals surface area contributed by atoms with Crippen LogP contribution < -0.4 is 5.73 Å². The van der Waals surface area contributed by atoms with Gasteiger partial charge in [-0.3, -0.25) is 4.99 Å². The second kappa shape index (κ2) is 14.0. The van der Waals surface area contributed by atoms with Crippen molar-refractivity contribution in [3.05, 3.63) is 36.6 Å². The number of rotatable bonds is 12. The highest BCUT2D eigenvalue weighted by Gasteiger charge is 1.99. The number of unbranched alkanes of at least 4 members (excludes halogenated alkanes) is 1. The monoisotopic (exact) mass is 317 g/mol. The summed E-state index contributed by atoms with van der Waals surface area (Å²) < 4.78 is 0. The topological polar surface area (TPSA) is 50.7 Å². The lowest BCUT2D eigenvalue weighted by atomic mass is 10.0. The lowest BCUT2D eigenvalue weighted by molar-refractivity contribution is 0.587. The van der Waals surface area contributed by atoms with Crippen molar-refractivity contribution in [2.24, 2.45) is 27.6 Å². The van der Waals surface area contributed by atoms with E-state index in [9.17, 15) is 0 Å². The normalized spacial score (nSPS) is 16.2. The van der Waals surface area contributed by atoms with Crippen LogP contribution in [0.15, 0.2) is 46.6 Å². The minimum Gasteiger partial charge on any atom is -0.387 e. The molecular formula is C20H35N3. The van der Waals surface area contributed by atoms with E-state index in [1.165, 1.54) is 18.4 Å². The molecule has 0 heterocycles. The van der Waals surface area contributed by atoms with Crippen molar-refractivity contribution in [2.45, 2.75) is 59.8 Å². The number of aliphatic imine (C=N–C) groups is 2. The van der Waals surface area contributed by atoms with Gasteiger partial charge in [0, 0.05) is 12.6 Å². The second-order valence-electron chi connectivity index (χ2n) is 6.29. The molecule has 0 amide bonds. The molecule has 2 unspecified atom stereocenters. The van der Waals surface area contributed by atoms with Gasteiger partial charge < -0.3 is 5.73 Å². The third-order valence-electron chi connectivity index (χ3n) is 3.70. The Kier molecular flexibility index (Phi) is 13.0. The Morgan fingerprint density at radius 1 is 1.22 bits per heavy atom. The maximum absolute atomic E-state index is 5.97. The predicted octanol–water partition coefficient (Wildman–Crippen LogP) is 5.30. The first-order valence-electron chi connectivity index (χ1n) is 8.71. The van der Waals surface area contributed by atoms with Gasteiger partial charge in [-0.2, -0.15) is 0 Å². The molecule has 0 aliphatic carbocycles. The van der Waals surface area contributed by atoms with Gasteiger partial charge in [-0.25, -0.2) is 4.99 Å². The largest absolute Gasteiger partial charge is 0.387 e. The average molecular weight is 318 g/mol. The van der Waals surface area contributed by atoms with Crippen LogP contribution >= 0.6 is 0 Å². The van der Waals surface area contributed by atoms with Crippen LogP contribution in [-0.4, -0.2) is 18.6 Å². The third kappa shape index (κ3) is 13.7. The SMILES string of the molecule is C=CC(C)C/C(C)=C/N=C(N)CCCCC(C)C=CCN=CC. The van der Waals surface area contributed by atoms with Gasteiger partial charge in [0.05, 0.1) is 12.4 Å². The highest BCUT2D eigenvalue weighted by atomic mass is 14.8. The van der Waals surface area contributed by atoms with E-state index in [0.717, 1.165) is 31.6 Å². The second-order valence-corrected chi connectivity index (χ2v) is 6.29. The lowest BCUT2D eigenvalue weighted by Crippen LogP contribution is -2.10. The summed E-state index contributed by atoms with van der Waals surface area (Å²) in [5.41, 5.74) is 7.22. The Balaban J connectivity index is 3.94. The molecule has 130 valence electrons. The molecule has 2 atom stereocenters. The number of amidine groups is 1. The van der Waals surface area contributed by atoms with Crippen molar-refractivity contribution >= 4 is 12.1 Å². The Hall–Kier alpha value is -1.64. The summed E-state index contributed by atoms with van der Waals surface area (Å²) in [5.74, 6) is 1.82. The van der Waals surface area contributed by atoms with Gasteiger partial charge in [0.25, 0.3) is 0 Å². The molecule has 0 aromatic rings. The van der Waals surface area contributed by atoms with Gasteiger partial charge in [0.1, 0.15) is 0 Å². The van der Waals surface area contributed by atoms with Gasteiger partial charge in [0.2, 0.25) is 0 Å². The summed E-state index contributed by atoms with van der Waals surface area (Å²) in [5, 5.41) is 0. The van der Waals surface area contributed by atoms with E-state index >= 15 is 0 Å². The average Bonchev–Trinajstić information content (AvgIpc) is 2.53. The molecule has 3 heteroatoms. The Morgan fingerprint density at radius 2 is 1.96 bits per heavy atom. The molecule has 0 saturated heterocycles. The predicted molar refractivity (Wildman–Crippen MR) is 105 cm³/mol. The number of nitrogens with zero attached hydrogens (tertiary/aromatic N) is 2. The van der Waals surface area contributed by atoms with E-state index < -0.39 is 0 Å². The molecule has 0 aliphatic heterocycles. The highest BCUT2D eigenvalue weighted by Crippen LogP contribution is 2.12. The zero-order valence-electron chi connectivity index (χ0n) is 15.5. The van der Waals surface area contributed by atoms with Crippen LogP contribution in [0.4, 0.5) is 0 Å². The summed E-state index contributed by atoms with van der Waals surface area (Å²) in [4.78, 5) is 8.53. The van der Waals surface area contributed by atoms with Crippen molar-refractivity contribution in [2.75, 3.05) is 6.54 Å². The molecule has 0 radical (unpaired) electrons. The van der Waals surface area contributed by atoms with E-state index in [4.69, 9.17) is 5.73 Å². The molecule has 3 nitrogen and oxygen atoms in total. The Morgan fingerprint density at radius 3 is 2.61 bits per heavy atom. The smallest absolute Gasteiger partial charge is 0.0988 e. The standard InChI is InChI=1S/C20H35N3/c1-6-17(3)15-19(5)16-23-20(21)13-9-8-11-18(4)12-10-14-22-7-2/h6-7,10,12,16-18H,1,8-9,11,13-15H2,2-5H3,(H2,21,23)/b12-10?,19-16+,22-7?. The van der Waals surface area contributed by atoms with Crippen LogP contribution in [0.25, 0.3) is 0 Å². The van der Waals surface area contributed by atoms with Crippen LogP contribution in [-0.2, 0) is 0 Å². The van der Waals surface area contributed by atoms with Crippen molar-refractivity contribution in [1.82, 2.24) is 0 Å². The molecule has 0 spiro atoms. The highest BCUT2D eigenvalue weighted by molar-refractivity contribution is 5.80. The van der Waals surface area contributed by atoms with Crippen LogP contribution in [0.1, 0.15) is 59.8 Å². The van der Waals surface area contributed by atoms with E-state index in [0.29, 0.717) is 11.8 Å². The Bertz CT molecular complexity index is 430. The van der Waals surface area contributed by atoms with E-state index in [-0.39, 0.29) is 0 Å². The maximum Gasteiger partial charge on any atom is 0.0988 e. The van der Waals surface area contributed by atoms with Crippen LogP contribution in [0.3, 0.4) is 0 Å². The molecular weight excluding hydrogens is 282 g/mol. The molecule has 0 aromatic heterocycles. The first-order valence-corrected chi connectivity index (χ1v) is 8.71. The molecule has 23 heavy (non-hydrogen) atoms. The summed E-state index contributed by atoms with van der Waals surface area (Å²) in [6, 6.07) is 0. The fraction of sp³-hybridized carbons (Fsp3) is 0.600. The minimum absolute atomic E-state index is 0.486. The van der Waals surface area contributed by atoms with Crippen molar-refractivity contribution in [3.8, 4) is 0 Å². The molecule has 0 fully saturated rings. The van der Waals surface area contributed by atoms with Crippen LogP contribution in [0.5, 0.6) is 0 Å². The molecule has 0 bridgehead atoms. The van der Waals surface area contributed by atoms with Gasteiger partial charge >= 0.3 is 0 Å². The van der Waals surface area contributed by atoms with Crippen molar-refractivity contribution < 1.29 is 0 Å². The van der Waals surface area contributed by atoms with Crippen LogP contribution in [0.2, 0.25) is 0 Å². The maximum atomic E-state index is 5.97. The van der Waals surface area contributed by atoms with E-state index in [1.807, 2.05) is 25.4 Å². The minimum atomic E-state index is 0.486. The van der Waals surface area contributed by atoms with Gasteiger partial charge in [-0.15, -0.1) is 6.58 Å². The number of allylic oxidation sites excluding steroid dienone is 3. The molecule has 0 aliphatic rings.